The van der Waals surface area contributed by atoms with E-state index in [0.29, 0.717) is 5.92 Å². The topological polar surface area (TPSA) is 49.7 Å². The summed E-state index contributed by atoms with van der Waals surface area (Å²) < 4.78 is 5.27. The molecule has 0 fully saturated rings. The molecule has 3 atom stereocenters. The molecule has 0 rings (SSSR count). The minimum absolute atomic E-state index is 0.197. The molecular formula is C10H22O3. The Morgan fingerprint density at radius 1 is 1.08 bits per heavy atom. The van der Waals surface area contributed by atoms with Crippen LogP contribution in [0, 0.1) is 5.92 Å². The first-order valence-corrected chi connectivity index (χ1v) is 4.91. The van der Waals surface area contributed by atoms with Gasteiger partial charge in [0.05, 0.1) is 24.9 Å². The van der Waals surface area contributed by atoms with Crippen molar-refractivity contribution in [1.29, 1.82) is 0 Å². The molecule has 0 aromatic rings. The van der Waals surface area contributed by atoms with Crippen molar-refractivity contribution in [2.45, 2.75) is 52.4 Å². The molecule has 3 nitrogen and oxygen atoms in total. The van der Waals surface area contributed by atoms with Gasteiger partial charge in [-0.05, 0) is 26.2 Å². The summed E-state index contributed by atoms with van der Waals surface area (Å²) in [6.45, 7) is 7.91. The van der Waals surface area contributed by atoms with E-state index in [0.717, 1.165) is 6.42 Å². The first-order valence-electron chi connectivity index (χ1n) is 4.91. The predicted octanol–water partition coefficient (Wildman–Crippen LogP) is 1.18. The Labute approximate surface area is 80.7 Å². The third-order valence-electron chi connectivity index (χ3n) is 1.86. The van der Waals surface area contributed by atoms with Crippen LogP contribution in [0.4, 0.5) is 0 Å². The maximum Gasteiger partial charge on any atom is 0.0807 e. The van der Waals surface area contributed by atoms with Gasteiger partial charge in [0.15, 0.2) is 0 Å². The molecule has 0 heterocycles. The lowest BCUT2D eigenvalue weighted by Crippen LogP contribution is -2.29. The van der Waals surface area contributed by atoms with Crippen LogP contribution in [0.5, 0.6) is 0 Å². The molecule has 3 unspecified atom stereocenters. The van der Waals surface area contributed by atoms with E-state index >= 15 is 0 Å². The zero-order valence-electron chi connectivity index (χ0n) is 9.03. The van der Waals surface area contributed by atoms with E-state index in [1.807, 2.05) is 6.92 Å². The molecule has 80 valence electrons. The smallest absolute Gasteiger partial charge is 0.0807 e. The van der Waals surface area contributed by atoms with Crippen molar-refractivity contribution in [3.8, 4) is 0 Å². The van der Waals surface area contributed by atoms with Crippen molar-refractivity contribution in [3.63, 3.8) is 0 Å². The highest BCUT2D eigenvalue weighted by molar-refractivity contribution is 4.66. The molecule has 0 aromatic heterocycles. The fraction of sp³-hybridized carbons (Fsp3) is 1.00. The largest absolute Gasteiger partial charge is 0.391 e. The van der Waals surface area contributed by atoms with E-state index in [9.17, 15) is 5.11 Å². The Morgan fingerprint density at radius 2 is 1.62 bits per heavy atom. The molecule has 13 heavy (non-hydrogen) atoms. The number of aliphatic hydroxyl groups excluding tert-OH is 2. The fourth-order valence-corrected chi connectivity index (χ4v) is 1.08. The summed E-state index contributed by atoms with van der Waals surface area (Å²) >= 11 is 0. The molecule has 0 aliphatic carbocycles. The summed E-state index contributed by atoms with van der Waals surface area (Å²) in [4.78, 5) is 0. The fourth-order valence-electron chi connectivity index (χ4n) is 1.08. The summed E-state index contributed by atoms with van der Waals surface area (Å²) in [5.74, 6) is 0.465. The lowest BCUT2D eigenvalue weighted by Gasteiger charge is -2.21. The average molecular weight is 190 g/mol. The summed E-state index contributed by atoms with van der Waals surface area (Å²) in [5, 5.41) is 18.6. The van der Waals surface area contributed by atoms with Gasteiger partial charge < -0.3 is 14.9 Å². The van der Waals surface area contributed by atoms with Crippen molar-refractivity contribution in [3.05, 3.63) is 0 Å². The summed E-state index contributed by atoms with van der Waals surface area (Å²) in [5.41, 5.74) is 0. The molecule has 0 aliphatic rings. The molecule has 0 radical (unpaired) electrons. The van der Waals surface area contributed by atoms with Gasteiger partial charge in [-0.15, -0.1) is 0 Å². The van der Waals surface area contributed by atoms with E-state index in [1.54, 1.807) is 6.92 Å². The van der Waals surface area contributed by atoms with Crippen LogP contribution in [0.3, 0.4) is 0 Å². The second-order valence-electron chi connectivity index (χ2n) is 4.08. The maximum absolute atomic E-state index is 9.59. The number of hydrogen-bond acceptors (Lipinski definition) is 3. The van der Waals surface area contributed by atoms with Crippen molar-refractivity contribution in [1.82, 2.24) is 0 Å². The SMILES string of the molecule is CC(C)CC(O)C(C)OCC(C)O. The monoisotopic (exact) mass is 190 g/mol. The van der Waals surface area contributed by atoms with E-state index in [-0.39, 0.29) is 12.7 Å². The maximum atomic E-state index is 9.59. The van der Waals surface area contributed by atoms with Crippen LogP contribution < -0.4 is 0 Å². The van der Waals surface area contributed by atoms with Crippen LogP contribution in [0.15, 0.2) is 0 Å². The van der Waals surface area contributed by atoms with Gasteiger partial charge in [0, 0.05) is 0 Å². The Kier molecular flexibility index (Phi) is 6.29. The molecular weight excluding hydrogens is 168 g/mol. The predicted molar refractivity (Wildman–Crippen MR) is 52.6 cm³/mol. The van der Waals surface area contributed by atoms with Gasteiger partial charge in [0.25, 0.3) is 0 Å². The third kappa shape index (κ3) is 6.99. The first kappa shape index (κ1) is 12.9. The number of ether oxygens (including phenoxy) is 1. The molecule has 0 aliphatic heterocycles. The number of rotatable bonds is 6. The van der Waals surface area contributed by atoms with Crippen LogP contribution in [0.25, 0.3) is 0 Å². The average Bonchev–Trinajstić information content (AvgIpc) is 1.98. The molecule has 0 spiro atoms. The van der Waals surface area contributed by atoms with E-state index in [2.05, 4.69) is 13.8 Å². The van der Waals surface area contributed by atoms with Gasteiger partial charge in [-0.3, -0.25) is 0 Å². The Morgan fingerprint density at radius 3 is 2.00 bits per heavy atom. The molecule has 0 aromatic carbocycles. The number of hydrogen-bond donors (Lipinski definition) is 2. The minimum Gasteiger partial charge on any atom is -0.391 e. The molecule has 3 heteroatoms. The van der Waals surface area contributed by atoms with E-state index in [4.69, 9.17) is 9.84 Å². The van der Waals surface area contributed by atoms with Crippen molar-refractivity contribution < 1.29 is 14.9 Å². The van der Waals surface area contributed by atoms with E-state index in [1.165, 1.54) is 0 Å². The van der Waals surface area contributed by atoms with Crippen molar-refractivity contribution in [2.24, 2.45) is 5.92 Å². The Bertz CT molecular complexity index is 123. The van der Waals surface area contributed by atoms with Crippen LogP contribution in [0.1, 0.15) is 34.1 Å². The minimum atomic E-state index is -0.464. The highest BCUT2D eigenvalue weighted by atomic mass is 16.5. The zero-order valence-corrected chi connectivity index (χ0v) is 9.03. The van der Waals surface area contributed by atoms with Gasteiger partial charge in [-0.2, -0.15) is 0 Å². The van der Waals surface area contributed by atoms with Gasteiger partial charge in [0.1, 0.15) is 0 Å². The lowest BCUT2D eigenvalue weighted by molar-refractivity contribution is -0.0593. The van der Waals surface area contributed by atoms with E-state index < -0.39 is 12.2 Å². The Balaban J connectivity index is 3.62. The second-order valence-corrected chi connectivity index (χ2v) is 4.08. The summed E-state index contributed by atoms with van der Waals surface area (Å²) in [6, 6.07) is 0. The third-order valence-corrected chi connectivity index (χ3v) is 1.86. The summed E-state index contributed by atoms with van der Waals surface area (Å²) in [6.07, 6.45) is -0.356. The van der Waals surface area contributed by atoms with Crippen LogP contribution in [-0.4, -0.2) is 35.1 Å². The molecule has 0 bridgehead atoms. The first-order chi connectivity index (χ1) is 5.93. The Hall–Kier alpha value is -0.120. The quantitative estimate of drug-likeness (QED) is 0.661. The normalized spacial score (nSPS) is 18.7. The van der Waals surface area contributed by atoms with Gasteiger partial charge in [-0.1, -0.05) is 13.8 Å². The highest BCUT2D eigenvalue weighted by Gasteiger charge is 2.16. The highest BCUT2D eigenvalue weighted by Crippen LogP contribution is 2.10. The van der Waals surface area contributed by atoms with Crippen LogP contribution in [0.2, 0.25) is 0 Å². The van der Waals surface area contributed by atoms with Crippen molar-refractivity contribution in [2.75, 3.05) is 6.61 Å². The molecule has 0 saturated carbocycles. The van der Waals surface area contributed by atoms with Crippen LogP contribution >= 0.6 is 0 Å². The lowest BCUT2D eigenvalue weighted by atomic mass is 10.0. The summed E-state index contributed by atoms with van der Waals surface area (Å²) in [7, 11) is 0. The standard InChI is InChI=1S/C10H22O3/c1-7(2)5-10(12)9(4)13-6-8(3)11/h7-12H,5-6H2,1-4H3. The molecule has 0 saturated heterocycles. The van der Waals surface area contributed by atoms with Gasteiger partial charge >= 0.3 is 0 Å². The van der Waals surface area contributed by atoms with Crippen LogP contribution in [-0.2, 0) is 4.74 Å². The van der Waals surface area contributed by atoms with Gasteiger partial charge in [0.2, 0.25) is 0 Å². The van der Waals surface area contributed by atoms with Crippen molar-refractivity contribution >= 4 is 0 Å². The van der Waals surface area contributed by atoms with Gasteiger partial charge in [-0.25, -0.2) is 0 Å². The second kappa shape index (κ2) is 6.35. The zero-order chi connectivity index (χ0) is 10.4. The molecule has 0 amide bonds. The molecule has 2 N–H and O–H groups in total. The number of aliphatic hydroxyl groups is 2.